The molecule has 0 amide bonds. The quantitative estimate of drug-likeness (QED) is 0.639. The third-order valence-corrected chi connectivity index (χ3v) is 4.63. The summed E-state index contributed by atoms with van der Waals surface area (Å²) in [4.78, 5) is 18.4. The smallest absolute Gasteiger partial charge is 0.346 e. The molecule has 1 aromatic carbocycles. The summed E-state index contributed by atoms with van der Waals surface area (Å²) in [6, 6.07) is 7.29. The second-order valence-corrected chi connectivity index (χ2v) is 6.24. The summed E-state index contributed by atoms with van der Waals surface area (Å²) in [6.45, 7) is 1.85. The van der Waals surface area contributed by atoms with E-state index in [1.165, 1.54) is 7.11 Å². The number of fused-ring (bicyclic) bond motifs is 1. The van der Waals surface area contributed by atoms with Crippen LogP contribution in [0.4, 0.5) is 0 Å². The van der Waals surface area contributed by atoms with Crippen molar-refractivity contribution in [2.75, 3.05) is 12.9 Å². The Bertz CT molecular complexity index is 783. The molecule has 0 unspecified atom stereocenters. The Morgan fingerprint density at radius 1 is 1.43 bits per heavy atom. The zero-order valence-electron chi connectivity index (χ0n) is 13.2. The Kier molecular flexibility index (Phi) is 4.38. The summed E-state index contributed by atoms with van der Waals surface area (Å²) >= 11 is 1.63. The number of aromatic nitrogens is 2. The summed E-state index contributed by atoms with van der Waals surface area (Å²) in [5.41, 5.74) is 3.12. The van der Waals surface area contributed by atoms with Crippen molar-refractivity contribution in [1.29, 1.82) is 0 Å². The van der Waals surface area contributed by atoms with Crippen LogP contribution in [0, 0.1) is 6.92 Å². The van der Waals surface area contributed by atoms with Crippen molar-refractivity contribution < 1.29 is 14.4 Å². The number of ether oxygens (including phenoxy) is 1. The standard InChI is InChI=1S/C16H17N3O3S/c1-10-9-14(19(2)17-10)22-16(20)12-6-4-5-11-13(18-21-3)7-8-23-15(11)12/h4-6,9H,7-8H2,1-3H3. The van der Waals surface area contributed by atoms with Crippen molar-refractivity contribution in [2.45, 2.75) is 18.2 Å². The normalized spacial score (nSPS) is 15.3. The van der Waals surface area contributed by atoms with Gasteiger partial charge in [0.2, 0.25) is 5.88 Å². The average Bonchev–Trinajstić information content (AvgIpc) is 2.85. The van der Waals surface area contributed by atoms with Crippen LogP contribution in [-0.2, 0) is 11.9 Å². The lowest BCUT2D eigenvalue weighted by Crippen LogP contribution is -2.17. The van der Waals surface area contributed by atoms with E-state index in [0.29, 0.717) is 11.4 Å². The van der Waals surface area contributed by atoms with Crippen molar-refractivity contribution in [3.8, 4) is 5.88 Å². The first-order valence-electron chi connectivity index (χ1n) is 7.19. The zero-order chi connectivity index (χ0) is 16.4. The van der Waals surface area contributed by atoms with Gasteiger partial charge in [0.05, 0.1) is 17.0 Å². The Labute approximate surface area is 138 Å². The van der Waals surface area contributed by atoms with Crippen molar-refractivity contribution in [3.05, 3.63) is 41.1 Å². The van der Waals surface area contributed by atoms with E-state index in [1.807, 2.05) is 19.1 Å². The van der Waals surface area contributed by atoms with Gasteiger partial charge in [-0.3, -0.25) is 0 Å². The zero-order valence-corrected chi connectivity index (χ0v) is 14.0. The van der Waals surface area contributed by atoms with E-state index in [0.717, 1.165) is 34.0 Å². The topological polar surface area (TPSA) is 65.7 Å². The molecule has 0 radical (unpaired) electrons. The number of benzene rings is 1. The number of carbonyl (C=O) groups is 1. The van der Waals surface area contributed by atoms with E-state index in [2.05, 4.69) is 10.3 Å². The maximum absolute atomic E-state index is 12.6. The van der Waals surface area contributed by atoms with Gasteiger partial charge in [-0.15, -0.1) is 11.8 Å². The predicted molar refractivity (Wildman–Crippen MR) is 88.2 cm³/mol. The molecule has 0 fully saturated rings. The monoisotopic (exact) mass is 331 g/mol. The highest BCUT2D eigenvalue weighted by atomic mass is 32.2. The van der Waals surface area contributed by atoms with Crippen molar-refractivity contribution in [2.24, 2.45) is 12.2 Å². The molecule has 2 aromatic rings. The molecule has 0 saturated carbocycles. The van der Waals surface area contributed by atoms with E-state index >= 15 is 0 Å². The average molecular weight is 331 g/mol. The van der Waals surface area contributed by atoms with Gasteiger partial charge in [0.1, 0.15) is 7.11 Å². The fraction of sp³-hybridized carbons (Fsp3) is 0.312. The minimum absolute atomic E-state index is 0.393. The fourth-order valence-corrected chi connectivity index (χ4v) is 3.65. The van der Waals surface area contributed by atoms with Crippen LogP contribution >= 0.6 is 11.8 Å². The first-order valence-corrected chi connectivity index (χ1v) is 8.17. The van der Waals surface area contributed by atoms with Crippen LogP contribution in [0.25, 0.3) is 0 Å². The molecule has 0 aliphatic carbocycles. The van der Waals surface area contributed by atoms with E-state index in [4.69, 9.17) is 9.57 Å². The Hall–Kier alpha value is -2.28. The number of thioether (sulfide) groups is 1. The van der Waals surface area contributed by atoms with Crippen LogP contribution in [0.15, 0.2) is 34.3 Å². The lowest BCUT2D eigenvalue weighted by molar-refractivity contribution is 0.0716. The van der Waals surface area contributed by atoms with Crippen LogP contribution in [0.3, 0.4) is 0 Å². The fourth-order valence-electron chi connectivity index (χ4n) is 2.50. The minimum atomic E-state index is -0.393. The van der Waals surface area contributed by atoms with Gasteiger partial charge < -0.3 is 9.57 Å². The Balaban J connectivity index is 1.94. The van der Waals surface area contributed by atoms with Gasteiger partial charge in [-0.2, -0.15) is 5.10 Å². The van der Waals surface area contributed by atoms with E-state index in [9.17, 15) is 4.79 Å². The van der Waals surface area contributed by atoms with Crippen LogP contribution < -0.4 is 4.74 Å². The molecule has 7 heteroatoms. The van der Waals surface area contributed by atoms with Crippen LogP contribution in [0.5, 0.6) is 5.88 Å². The van der Waals surface area contributed by atoms with Crippen LogP contribution in [0.2, 0.25) is 0 Å². The molecule has 1 aromatic heterocycles. The first kappa shape index (κ1) is 15.6. The minimum Gasteiger partial charge on any atom is -0.404 e. The van der Waals surface area contributed by atoms with Gasteiger partial charge >= 0.3 is 5.97 Å². The van der Waals surface area contributed by atoms with Crippen molar-refractivity contribution in [1.82, 2.24) is 9.78 Å². The number of hydrogen-bond acceptors (Lipinski definition) is 6. The molecule has 1 aliphatic rings. The SMILES string of the molecule is CON=C1CCSc2c(C(=O)Oc3cc(C)nn3C)cccc21. The first-order chi connectivity index (χ1) is 11.1. The van der Waals surface area contributed by atoms with Gasteiger partial charge in [0.15, 0.2) is 0 Å². The summed E-state index contributed by atoms with van der Waals surface area (Å²) in [6.07, 6.45) is 0.810. The summed E-state index contributed by atoms with van der Waals surface area (Å²) in [5, 5.41) is 8.24. The largest absolute Gasteiger partial charge is 0.404 e. The highest BCUT2D eigenvalue weighted by Crippen LogP contribution is 2.34. The lowest BCUT2D eigenvalue weighted by Gasteiger charge is -2.19. The molecule has 0 atom stereocenters. The number of oxime groups is 1. The lowest BCUT2D eigenvalue weighted by atomic mass is 10.0. The predicted octanol–water partition coefficient (Wildman–Crippen LogP) is 2.79. The molecule has 23 heavy (non-hydrogen) atoms. The molecule has 3 rings (SSSR count). The third-order valence-electron chi connectivity index (χ3n) is 3.49. The highest BCUT2D eigenvalue weighted by Gasteiger charge is 2.24. The van der Waals surface area contributed by atoms with Crippen molar-refractivity contribution in [3.63, 3.8) is 0 Å². The molecule has 0 N–H and O–H groups in total. The maximum atomic E-state index is 12.6. The van der Waals surface area contributed by atoms with Gasteiger partial charge in [0, 0.05) is 35.7 Å². The van der Waals surface area contributed by atoms with Crippen LogP contribution in [-0.4, -0.2) is 34.3 Å². The van der Waals surface area contributed by atoms with E-state index in [1.54, 1.807) is 35.6 Å². The highest BCUT2D eigenvalue weighted by molar-refractivity contribution is 7.99. The molecule has 120 valence electrons. The molecule has 6 nitrogen and oxygen atoms in total. The maximum Gasteiger partial charge on any atom is 0.346 e. The van der Waals surface area contributed by atoms with Gasteiger partial charge in [-0.05, 0) is 13.0 Å². The molecule has 2 heterocycles. The molecule has 0 spiro atoms. The number of carbonyl (C=O) groups excluding carboxylic acids is 1. The van der Waals surface area contributed by atoms with Crippen molar-refractivity contribution >= 4 is 23.4 Å². The molecule has 0 saturated heterocycles. The van der Waals surface area contributed by atoms with E-state index < -0.39 is 5.97 Å². The number of aryl methyl sites for hydroxylation is 2. The Morgan fingerprint density at radius 2 is 2.26 bits per heavy atom. The summed E-state index contributed by atoms with van der Waals surface area (Å²) in [7, 11) is 3.27. The van der Waals surface area contributed by atoms with Gasteiger partial charge in [-0.25, -0.2) is 9.48 Å². The molecule has 1 aliphatic heterocycles. The van der Waals surface area contributed by atoms with Gasteiger partial charge in [0.25, 0.3) is 0 Å². The van der Waals surface area contributed by atoms with Crippen LogP contribution in [0.1, 0.15) is 28.0 Å². The molecular weight excluding hydrogens is 314 g/mol. The summed E-state index contributed by atoms with van der Waals surface area (Å²) in [5.74, 6) is 0.886. The Morgan fingerprint density at radius 3 is 2.96 bits per heavy atom. The number of esters is 1. The van der Waals surface area contributed by atoms with Gasteiger partial charge in [-0.1, -0.05) is 17.3 Å². The molecule has 0 bridgehead atoms. The van der Waals surface area contributed by atoms with E-state index in [-0.39, 0.29) is 0 Å². The number of nitrogens with zero attached hydrogens (tertiary/aromatic N) is 3. The number of rotatable bonds is 3. The summed E-state index contributed by atoms with van der Waals surface area (Å²) < 4.78 is 7.04. The molecular formula is C16H17N3O3S. The third kappa shape index (κ3) is 3.10. The second-order valence-electron chi connectivity index (χ2n) is 5.14. The number of hydrogen-bond donors (Lipinski definition) is 0. The second kappa shape index (κ2) is 6.45.